The van der Waals surface area contributed by atoms with Crippen LogP contribution in [0.2, 0.25) is 5.02 Å². The van der Waals surface area contributed by atoms with Crippen LogP contribution >= 0.6 is 11.6 Å². The van der Waals surface area contributed by atoms with Crippen molar-refractivity contribution >= 4 is 35.2 Å². The molecule has 1 saturated heterocycles. The van der Waals surface area contributed by atoms with Gasteiger partial charge in [0, 0.05) is 5.02 Å². The van der Waals surface area contributed by atoms with Crippen LogP contribution in [0.15, 0.2) is 12.1 Å². The van der Waals surface area contributed by atoms with Gasteiger partial charge in [-0.05, 0) is 56.9 Å². The Morgan fingerprint density at radius 2 is 1.63 bits per heavy atom. The molecule has 0 radical (unpaired) electrons. The number of imide groups is 1. The van der Waals surface area contributed by atoms with Crippen molar-refractivity contribution in [2.24, 2.45) is 11.8 Å². The molecule has 162 valence electrons. The molecule has 3 rings (SSSR count). The maximum absolute atomic E-state index is 12.4. The number of aryl methyl sites for hydroxylation is 2. The minimum atomic E-state index is -0.887. The van der Waals surface area contributed by atoms with Gasteiger partial charge in [-0.15, -0.1) is 0 Å². The number of amides is 4. The van der Waals surface area contributed by atoms with Crippen molar-refractivity contribution in [2.45, 2.75) is 52.6 Å². The molecule has 1 aliphatic carbocycles. The van der Waals surface area contributed by atoms with Gasteiger partial charge < -0.3 is 4.74 Å². The van der Waals surface area contributed by atoms with Crippen molar-refractivity contribution in [3.05, 3.63) is 28.3 Å². The number of benzene rings is 1. The third-order valence-electron chi connectivity index (χ3n) is 5.65. The monoisotopic (exact) mass is 435 g/mol. The molecular weight excluding hydrogens is 410 g/mol. The third kappa shape index (κ3) is 4.59. The highest BCUT2D eigenvalue weighted by atomic mass is 35.5. The van der Waals surface area contributed by atoms with Gasteiger partial charge in [-0.2, -0.15) is 0 Å². The summed E-state index contributed by atoms with van der Waals surface area (Å²) < 4.78 is 5.72. The van der Waals surface area contributed by atoms with Crippen LogP contribution in [0.4, 0.5) is 0 Å². The number of hydrogen-bond acceptors (Lipinski definition) is 5. The molecule has 0 spiro atoms. The summed E-state index contributed by atoms with van der Waals surface area (Å²) in [6.45, 7) is 4.79. The first kappa shape index (κ1) is 22.1. The first-order chi connectivity index (χ1) is 14.2. The van der Waals surface area contributed by atoms with E-state index in [0.717, 1.165) is 28.9 Å². The molecule has 0 aromatic heterocycles. The van der Waals surface area contributed by atoms with Crippen molar-refractivity contribution < 1.29 is 23.9 Å². The topological polar surface area (TPSA) is 105 Å². The Morgan fingerprint density at radius 3 is 2.17 bits per heavy atom. The summed E-state index contributed by atoms with van der Waals surface area (Å²) in [5.41, 5.74) is 6.11. The first-order valence-corrected chi connectivity index (χ1v) is 10.4. The van der Waals surface area contributed by atoms with Gasteiger partial charge in [-0.25, -0.2) is 0 Å². The quantitative estimate of drug-likeness (QED) is 0.544. The average Bonchev–Trinajstić information content (AvgIpc) is 2.93. The van der Waals surface area contributed by atoms with Gasteiger partial charge in [0.05, 0.1) is 11.8 Å². The Labute approximate surface area is 180 Å². The number of hydrogen-bond donors (Lipinski definition) is 2. The van der Waals surface area contributed by atoms with Crippen molar-refractivity contribution in [2.75, 3.05) is 6.54 Å². The normalized spacial score (nSPS) is 21.8. The molecule has 2 aliphatic rings. The van der Waals surface area contributed by atoms with E-state index in [0.29, 0.717) is 23.6 Å². The highest BCUT2D eigenvalue weighted by Crippen LogP contribution is 2.37. The summed E-state index contributed by atoms with van der Waals surface area (Å²) in [4.78, 5) is 50.4. The van der Waals surface area contributed by atoms with Crippen LogP contribution in [0.5, 0.6) is 5.75 Å². The maximum atomic E-state index is 12.4. The first-order valence-electron chi connectivity index (χ1n) is 10.1. The number of rotatable bonds is 5. The Bertz CT molecular complexity index is 840. The van der Waals surface area contributed by atoms with E-state index in [1.54, 1.807) is 19.1 Å². The molecule has 9 heteroatoms. The van der Waals surface area contributed by atoms with Gasteiger partial charge >= 0.3 is 0 Å². The molecule has 30 heavy (non-hydrogen) atoms. The fourth-order valence-corrected chi connectivity index (χ4v) is 4.44. The third-order valence-corrected chi connectivity index (χ3v) is 5.87. The Morgan fingerprint density at radius 1 is 1.10 bits per heavy atom. The van der Waals surface area contributed by atoms with Crippen LogP contribution in [0, 0.1) is 25.7 Å². The lowest BCUT2D eigenvalue weighted by atomic mass is 9.81. The van der Waals surface area contributed by atoms with Gasteiger partial charge in [0.1, 0.15) is 12.3 Å². The zero-order valence-corrected chi connectivity index (χ0v) is 18.0. The van der Waals surface area contributed by atoms with E-state index < -0.39 is 24.5 Å². The number of hydrazine groups is 1. The summed E-state index contributed by atoms with van der Waals surface area (Å²) in [5.74, 6) is -1.88. The highest BCUT2D eigenvalue weighted by Gasteiger charge is 2.48. The number of nitrogens with zero attached hydrogens (tertiary/aromatic N) is 1. The molecule has 1 aromatic carbocycles. The molecule has 1 heterocycles. The summed E-state index contributed by atoms with van der Waals surface area (Å²) in [6.07, 6.45) is 2.31. The predicted octanol–water partition coefficient (Wildman–Crippen LogP) is 2.05. The lowest BCUT2D eigenvalue weighted by Crippen LogP contribution is -2.51. The molecular formula is C21H26ClN3O5. The Hall–Kier alpha value is -2.61. The van der Waals surface area contributed by atoms with E-state index in [2.05, 4.69) is 10.9 Å². The molecule has 1 saturated carbocycles. The standard InChI is InChI=1S/C21H26ClN3O5/c1-11-8-14(22)9-12(2)18(11)30-13(3)19(27)24-23-17(26)10-25-20(28)15-6-4-5-7-16(15)21(25)29/h8-9,13,15-16H,4-7,10H2,1-3H3,(H,23,26)(H,24,27). The second-order valence-corrected chi connectivity index (χ2v) is 8.36. The van der Waals surface area contributed by atoms with E-state index in [1.165, 1.54) is 0 Å². The Balaban J connectivity index is 1.51. The minimum absolute atomic E-state index is 0.295. The van der Waals surface area contributed by atoms with E-state index in [1.807, 2.05) is 13.8 Å². The molecule has 4 amide bonds. The van der Waals surface area contributed by atoms with E-state index in [4.69, 9.17) is 16.3 Å². The number of nitrogens with one attached hydrogen (secondary N) is 2. The molecule has 3 unspecified atom stereocenters. The van der Waals surface area contributed by atoms with Gasteiger partial charge in [0.2, 0.25) is 11.8 Å². The highest BCUT2D eigenvalue weighted by molar-refractivity contribution is 6.30. The van der Waals surface area contributed by atoms with Gasteiger partial charge in [-0.1, -0.05) is 24.4 Å². The molecule has 8 nitrogen and oxygen atoms in total. The zero-order chi connectivity index (χ0) is 22.0. The smallest absolute Gasteiger partial charge is 0.279 e. The van der Waals surface area contributed by atoms with E-state index in [9.17, 15) is 19.2 Å². The Kier molecular flexibility index (Phi) is 6.65. The van der Waals surface area contributed by atoms with Crippen LogP contribution < -0.4 is 15.6 Å². The number of fused-ring (bicyclic) bond motifs is 1. The number of carbonyl (C=O) groups is 4. The number of carbonyl (C=O) groups excluding carboxylic acids is 4. The molecule has 2 fully saturated rings. The summed E-state index contributed by atoms with van der Waals surface area (Å²) in [7, 11) is 0. The van der Waals surface area contributed by atoms with Crippen LogP contribution in [0.25, 0.3) is 0 Å². The molecule has 3 atom stereocenters. The summed E-state index contributed by atoms with van der Waals surface area (Å²) >= 11 is 6.00. The van der Waals surface area contributed by atoms with E-state index in [-0.39, 0.29) is 23.7 Å². The molecule has 1 aromatic rings. The minimum Gasteiger partial charge on any atom is -0.480 e. The van der Waals surface area contributed by atoms with Crippen LogP contribution in [-0.4, -0.2) is 41.2 Å². The lowest BCUT2D eigenvalue weighted by Gasteiger charge is -2.19. The van der Waals surface area contributed by atoms with Crippen molar-refractivity contribution in [1.29, 1.82) is 0 Å². The van der Waals surface area contributed by atoms with Gasteiger partial charge in [0.15, 0.2) is 6.10 Å². The second kappa shape index (κ2) is 9.04. The average molecular weight is 436 g/mol. The number of ether oxygens (including phenoxy) is 1. The maximum Gasteiger partial charge on any atom is 0.279 e. The fraction of sp³-hybridized carbons (Fsp3) is 0.524. The largest absolute Gasteiger partial charge is 0.480 e. The summed E-state index contributed by atoms with van der Waals surface area (Å²) in [5, 5.41) is 0.576. The number of halogens is 1. The van der Waals surface area contributed by atoms with Crippen LogP contribution in [0.1, 0.15) is 43.7 Å². The van der Waals surface area contributed by atoms with Crippen molar-refractivity contribution in [3.8, 4) is 5.75 Å². The zero-order valence-electron chi connectivity index (χ0n) is 17.3. The van der Waals surface area contributed by atoms with E-state index >= 15 is 0 Å². The van der Waals surface area contributed by atoms with Gasteiger partial charge in [-0.3, -0.25) is 34.9 Å². The van der Waals surface area contributed by atoms with Crippen LogP contribution in [0.3, 0.4) is 0 Å². The fourth-order valence-electron chi connectivity index (χ4n) is 4.12. The molecule has 2 N–H and O–H groups in total. The van der Waals surface area contributed by atoms with Crippen LogP contribution in [-0.2, 0) is 19.2 Å². The number of likely N-dealkylation sites (tertiary alicyclic amines) is 1. The molecule has 0 bridgehead atoms. The lowest BCUT2D eigenvalue weighted by molar-refractivity contribution is -0.144. The SMILES string of the molecule is Cc1cc(Cl)cc(C)c1OC(C)C(=O)NNC(=O)CN1C(=O)C2CCCCC2C1=O. The second-order valence-electron chi connectivity index (χ2n) is 7.93. The van der Waals surface area contributed by atoms with Crippen molar-refractivity contribution in [3.63, 3.8) is 0 Å². The van der Waals surface area contributed by atoms with Crippen molar-refractivity contribution in [1.82, 2.24) is 15.8 Å². The predicted molar refractivity (Wildman–Crippen MR) is 109 cm³/mol. The van der Waals surface area contributed by atoms with Gasteiger partial charge in [0.25, 0.3) is 11.8 Å². The molecule has 1 aliphatic heterocycles. The summed E-state index contributed by atoms with van der Waals surface area (Å²) in [6, 6.07) is 3.47.